The molecule has 0 saturated carbocycles. The standard InChI is InChI=1S/C20H22N2O2/c1-14-20(17-6-10-19(24-3)11-7-17)15(2)22(21-14)18-8-4-16(5-9-18)12-13-23/h4-11,23H,12-13H2,1-3H3. The van der Waals surface area contributed by atoms with Gasteiger partial charge in [0.1, 0.15) is 5.75 Å². The van der Waals surface area contributed by atoms with Crippen molar-refractivity contribution < 1.29 is 9.84 Å². The molecule has 3 aromatic rings. The van der Waals surface area contributed by atoms with Crippen molar-refractivity contribution in [2.45, 2.75) is 20.3 Å². The van der Waals surface area contributed by atoms with Gasteiger partial charge in [0.2, 0.25) is 0 Å². The lowest BCUT2D eigenvalue weighted by molar-refractivity contribution is 0.299. The van der Waals surface area contributed by atoms with Crippen LogP contribution in [-0.2, 0) is 6.42 Å². The van der Waals surface area contributed by atoms with Gasteiger partial charge in [-0.05, 0) is 55.7 Å². The van der Waals surface area contributed by atoms with Crippen molar-refractivity contribution in [1.29, 1.82) is 0 Å². The molecule has 0 fully saturated rings. The molecule has 0 aliphatic carbocycles. The van der Waals surface area contributed by atoms with E-state index in [1.165, 1.54) is 0 Å². The van der Waals surface area contributed by atoms with Crippen LogP contribution in [0.5, 0.6) is 5.75 Å². The molecule has 4 heteroatoms. The Hall–Kier alpha value is -2.59. The van der Waals surface area contributed by atoms with Gasteiger partial charge in [0.15, 0.2) is 0 Å². The minimum Gasteiger partial charge on any atom is -0.497 e. The molecular weight excluding hydrogens is 300 g/mol. The second-order valence-electron chi connectivity index (χ2n) is 5.83. The maximum absolute atomic E-state index is 9.03. The summed E-state index contributed by atoms with van der Waals surface area (Å²) in [5.74, 6) is 0.848. The molecule has 1 aromatic heterocycles. The van der Waals surface area contributed by atoms with Crippen LogP contribution >= 0.6 is 0 Å². The van der Waals surface area contributed by atoms with E-state index < -0.39 is 0 Å². The molecule has 2 aromatic carbocycles. The fraction of sp³-hybridized carbons (Fsp3) is 0.250. The fourth-order valence-electron chi connectivity index (χ4n) is 3.00. The summed E-state index contributed by atoms with van der Waals surface area (Å²) in [5, 5.41) is 13.7. The Balaban J connectivity index is 1.99. The van der Waals surface area contributed by atoms with Gasteiger partial charge in [-0.2, -0.15) is 5.10 Å². The molecule has 24 heavy (non-hydrogen) atoms. The summed E-state index contributed by atoms with van der Waals surface area (Å²) >= 11 is 0. The Bertz CT molecular complexity index is 818. The van der Waals surface area contributed by atoms with Crippen LogP contribution in [-0.4, -0.2) is 28.6 Å². The third kappa shape index (κ3) is 3.05. The van der Waals surface area contributed by atoms with Crippen LogP contribution in [0.2, 0.25) is 0 Å². The molecule has 1 N–H and O–H groups in total. The first-order valence-corrected chi connectivity index (χ1v) is 8.05. The highest BCUT2D eigenvalue weighted by molar-refractivity contribution is 5.69. The summed E-state index contributed by atoms with van der Waals surface area (Å²) in [5.41, 5.74) is 6.53. The largest absolute Gasteiger partial charge is 0.497 e. The number of aryl methyl sites for hydroxylation is 1. The monoisotopic (exact) mass is 322 g/mol. The van der Waals surface area contributed by atoms with E-state index in [0.29, 0.717) is 6.42 Å². The van der Waals surface area contributed by atoms with Crippen molar-refractivity contribution in [2.75, 3.05) is 13.7 Å². The van der Waals surface area contributed by atoms with Gasteiger partial charge in [-0.1, -0.05) is 24.3 Å². The molecule has 0 amide bonds. The summed E-state index contributed by atoms with van der Waals surface area (Å²) in [6.45, 7) is 4.28. The van der Waals surface area contributed by atoms with Crippen LogP contribution in [0.4, 0.5) is 0 Å². The number of rotatable bonds is 5. The highest BCUT2D eigenvalue weighted by Gasteiger charge is 2.14. The molecule has 124 valence electrons. The van der Waals surface area contributed by atoms with E-state index in [2.05, 4.69) is 19.1 Å². The van der Waals surface area contributed by atoms with Crippen LogP contribution in [0.25, 0.3) is 16.8 Å². The van der Waals surface area contributed by atoms with Crippen LogP contribution in [0.1, 0.15) is 17.0 Å². The Morgan fingerprint density at radius 2 is 1.67 bits per heavy atom. The second kappa shape index (κ2) is 6.89. The number of aliphatic hydroxyl groups is 1. The fourth-order valence-corrected chi connectivity index (χ4v) is 3.00. The number of hydrogen-bond acceptors (Lipinski definition) is 3. The summed E-state index contributed by atoms with van der Waals surface area (Å²) in [7, 11) is 1.67. The Labute approximate surface area is 142 Å². The third-order valence-corrected chi connectivity index (χ3v) is 4.25. The van der Waals surface area contributed by atoms with Crippen molar-refractivity contribution in [2.24, 2.45) is 0 Å². The summed E-state index contributed by atoms with van der Waals surface area (Å²) < 4.78 is 7.20. The van der Waals surface area contributed by atoms with Gasteiger partial charge >= 0.3 is 0 Å². The molecule has 0 aliphatic heterocycles. The highest BCUT2D eigenvalue weighted by Crippen LogP contribution is 2.30. The molecule has 0 aliphatic rings. The number of hydrogen-bond donors (Lipinski definition) is 1. The SMILES string of the molecule is COc1ccc(-c2c(C)nn(-c3ccc(CCO)cc3)c2C)cc1. The molecule has 0 saturated heterocycles. The predicted octanol–water partition coefficient (Wildman–Crippen LogP) is 3.70. The molecule has 0 spiro atoms. The van der Waals surface area contributed by atoms with Gasteiger partial charge in [0, 0.05) is 17.9 Å². The van der Waals surface area contributed by atoms with Gasteiger partial charge in [-0.25, -0.2) is 4.68 Å². The molecule has 0 radical (unpaired) electrons. The number of methoxy groups -OCH3 is 1. The van der Waals surface area contributed by atoms with Crippen LogP contribution in [0, 0.1) is 13.8 Å². The van der Waals surface area contributed by atoms with Crippen molar-refractivity contribution in [3.63, 3.8) is 0 Å². The van der Waals surface area contributed by atoms with Crippen LogP contribution in [0.3, 0.4) is 0 Å². The minimum absolute atomic E-state index is 0.168. The lowest BCUT2D eigenvalue weighted by Crippen LogP contribution is -2.00. The first-order chi connectivity index (χ1) is 11.6. The maximum Gasteiger partial charge on any atom is 0.118 e. The Morgan fingerprint density at radius 1 is 1.00 bits per heavy atom. The smallest absolute Gasteiger partial charge is 0.118 e. The molecular formula is C20H22N2O2. The topological polar surface area (TPSA) is 47.3 Å². The van der Waals surface area contributed by atoms with Crippen molar-refractivity contribution in [3.05, 3.63) is 65.5 Å². The first kappa shape index (κ1) is 16.3. The third-order valence-electron chi connectivity index (χ3n) is 4.25. The zero-order valence-electron chi connectivity index (χ0n) is 14.3. The van der Waals surface area contributed by atoms with Gasteiger partial charge in [0.05, 0.1) is 18.5 Å². The number of nitrogens with zero attached hydrogens (tertiary/aromatic N) is 2. The van der Waals surface area contributed by atoms with Crippen LogP contribution in [0.15, 0.2) is 48.5 Å². The molecule has 4 nitrogen and oxygen atoms in total. The lowest BCUT2D eigenvalue weighted by atomic mass is 10.0. The maximum atomic E-state index is 9.03. The van der Waals surface area contributed by atoms with Gasteiger partial charge in [-0.15, -0.1) is 0 Å². The van der Waals surface area contributed by atoms with Gasteiger partial charge < -0.3 is 9.84 Å². The van der Waals surface area contributed by atoms with Crippen LogP contribution < -0.4 is 4.74 Å². The first-order valence-electron chi connectivity index (χ1n) is 8.05. The Kier molecular flexibility index (Phi) is 4.67. The van der Waals surface area contributed by atoms with Crippen molar-refractivity contribution in [1.82, 2.24) is 9.78 Å². The molecule has 0 unspecified atom stereocenters. The Morgan fingerprint density at radius 3 is 2.25 bits per heavy atom. The van der Waals surface area contributed by atoms with Crippen molar-refractivity contribution in [3.8, 4) is 22.6 Å². The summed E-state index contributed by atoms with van der Waals surface area (Å²) in [6.07, 6.45) is 0.675. The lowest BCUT2D eigenvalue weighted by Gasteiger charge is -2.07. The van der Waals surface area contributed by atoms with Crippen molar-refractivity contribution >= 4 is 0 Å². The summed E-state index contributed by atoms with van der Waals surface area (Å²) in [6, 6.07) is 16.2. The molecule has 1 heterocycles. The normalized spacial score (nSPS) is 10.8. The summed E-state index contributed by atoms with van der Waals surface area (Å²) in [4.78, 5) is 0. The van der Waals surface area contributed by atoms with E-state index in [9.17, 15) is 0 Å². The van der Waals surface area contributed by atoms with Gasteiger partial charge in [0.25, 0.3) is 0 Å². The van der Waals surface area contributed by atoms with Gasteiger partial charge in [-0.3, -0.25) is 0 Å². The van der Waals surface area contributed by atoms with E-state index in [4.69, 9.17) is 14.9 Å². The van der Waals surface area contributed by atoms with E-state index in [1.807, 2.05) is 48.0 Å². The van der Waals surface area contributed by atoms with E-state index in [1.54, 1.807) is 7.11 Å². The predicted molar refractivity (Wildman–Crippen MR) is 95.8 cm³/mol. The zero-order valence-corrected chi connectivity index (χ0v) is 14.3. The zero-order chi connectivity index (χ0) is 17.1. The number of aromatic nitrogens is 2. The highest BCUT2D eigenvalue weighted by atomic mass is 16.5. The average molecular weight is 322 g/mol. The quantitative estimate of drug-likeness (QED) is 0.779. The number of benzene rings is 2. The second-order valence-corrected chi connectivity index (χ2v) is 5.83. The van der Waals surface area contributed by atoms with E-state index in [-0.39, 0.29) is 6.61 Å². The molecule has 0 bridgehead atoms. The average Bonchev–Trinajstić information content (AvgIpc) is 2.90. The molecule has 3 rings (SSSR count). The number of aliphatic hydroxyl groups excluding tert-OH is 1. The van der Waals surface area contributed by atoms with E-state index in [0.717, 1.165) is 39.5 Å². The number of ether oxygens (including phenoxy) is 1. The minimum atomic E-state index is 0.168. The van der Waals surface area contributed by atoms with E-state index >= 15 is 0 Å². The molecule has 0 atom stereocenters.